The van der Waals surface area contributed by atoms with Gasteiger partial charge in [-0.2, -0.15) is 0 Å². The third-order valence-electron chi connectivity index (χ3n) is 1.73. The topological polar surface area (TPSA) is 86.4 Å². The zero-order valence-electron chi connectivity index (χ0n) is 7.36. The van der Waals surface area contributed by atoms with Crippen LogP contribution < -0.4 is 5.32 Å². The minimum Gasteiger partial charge on any atom is -0.318 e. The average Bonchev–Trinajstić information content (AvgIpc) is 2.42. The van der Waals surface area contributed by atoms with E-state index in [1.165, 1.54) is 12.2 Å². The predicted molar refractivity (Wildman–Crippen MR) is 44.6 cm³/mol. The number of hydrogen-bond acceptors (Lipinski definition) is 3. The lowest BCUT2D eigenvalue weighted by molar-refractivity contribution is -0.136. The maximum atomic E-state index is 11.0. The fraction of sp³-hybridized carbons (Fsp3) is 0.375. The highest BCUT2D eigenvalue weighted by atomic mass is 16.4. The van der Waals surface area contributed by atoms with Gasteiger partial charge in [-0.05, 0) is 6.42 Å². The lowest BCUT2D eigenvalue weighted by atomic mass is 10.4. The summed E-state index contributed by atoms with van der Waals surface area (Å²) in [5, 5.41) is 12.0. The van der Waals surface area contributed by atoms with E-state index in [0.717, 1.165) is 4.90 Å². The van der Waals surface area contributed by atoms with Crippen molar-refractivity contribution in [3.8, 4) is 0 Å². The minimum atomic E-state index is -1.36. The van der Waals surface area contributed by atoms with Gasteiger partial charge in [-0.3, -0.25) is 14.5 Å². The average molecular weight is 197 g/mol. The summed E-state index contributed by atoms with van der Waals surface area (Å²) < 4.78 is 0. The van der Waals surface area contributed by atoms with Crippen LogP contribution in [-0.2, 0) is 14.7 Å². The molecule has 6 nitrogen and oxygen atoms in total. The number of nitrogens with one attached hydrogen (secondary N) is 1. The smallest absolute Gasteiger partial charge is 0.318 e. The Hall–Kier alpha value is -1.85. The summed E-state index contributed by atoms with van der Waals surface area (Å²) in [4.78, 5) is 33.0. The summed E-state index contributed by atoms with van der Waals surface area (Å²) in [7, 11) is 0. The summed E-state index contributed by atoms with van der Waals surface area (Å²) in [5.41, 5.74) is 0. The van der Waals surface area contributed by atoms with E-state index in [9.17, 15) is 19.5 Å². The van der Waals surface area contributed by atoms with E-state index in [0.29, 0.717) is 6.42 Å². The zero-order chi connectivity index (χ0) is 10.6. The highest BCUT2D eigenvalue weighted by molar-refractivity contribution is 6.12. The molecular weight excluding hydrogens is 188 g/mol. The summed E-state index contributed by atoms with van der Waals surface area (Å²) in [5.74, 6) is -0.716. The number of amides is 3. The van der Waals surface area contributed by atoms with Crippen LogP contribution in [0.15, 0.2) is 12.2 Å². The number of hydrogen-bond donors (Lipinski definition) is 1. The molecule has 0 spiro atoms. The Labute approximate surface area is 80.2 Å². The van der Waals surface area contributed by atoms with E-state index < -0.39 is 6.09 Å². The molecule has 1 aliphatic rings. The molecular formula is C8H9N2O4. The SMILES string of the molecule is [O]C(=O)NCCCN1C(=O)C=CC1=O. The molecule has 0 saturated heterocycles. The molecule has 1 rings (SSSR count). The molecule has 0 atom stereocenters. The molecule has 14 heavy (non-hydrogen) atoms. The molecule has 6 heteroatoms. The third-order valence-corrected chi connectivity index (χ3v) is 1.73. The van der Waals surface area contributed by atoms with E-state index in [4.69, 9.17) is 0 Å². The fourth-order valence-electron chi connectivity index (χ4n) is 1.08. The number of carbonyl (C=O) groups is 3. The number of carbonyl (C=O) groups excluding carboxylic acids is 3. The van der Waals surface area contributed by atoms with Gasteiger partial charge in [-0.15, -0.1) is 0 Å². The first kappa shape index (κ1) is 10.2. The predicted octanol–water partition coefficient (Wildman–Crippen LogP) is -0.558. The molecule has 3 amide bonds. The Morgan fingerprint density at radius 2 is 1.86 bits per heavy atom. The molecule has 0 fully saturated rings. The first-order valence-electron chi connectivity index (χ1n) is 4.09. The molecule has 0 aliphatic carbocycles. The second-order valence-corrected chi connectivity index (χ2v) is 2.73. The molecule has 1 heterocycles. The van der Waals surface area contributed by atoms with E-state index >= 15 is 0 Å². The van der Waals surface area contributed by atoms with E-state index in [1.807, 2.05) is 5.32 Å². The van der Waals surface area contributed by atoms with Crippen LogP contribution in [0.1, 0.15) is 6.42 Å². The number of imide groups is 1. The molecule has 0 aromatic carbocycles. The van der Waals surface area contributed by atoms with Crippen molar-refractivity contribution >= 4 is 17.9 Å². The Balaban J connectivity index is 2.22. The fourth-order valence-corrected chi connectivity index (χ4v) is 1.08. The number of rotatable bonds is 4. The maximum absolute atomic E-state index is 11.0. The molecule has 0 bridgehead atoms. The van der Waals surface area contributed by atoms with Gasteiger partial charge in [-0.1, -0.05) is 0 Å². The van der Waals surface area contributed by atoms with Gasteiger partial charge in [-0.25, -0.2) is 9.90 Å². The van der Waals surface area contributed by atoms with Crippen molar-refractivity contribution in [1.82, 2.24) is 10.2 Å². The maximum Gasteiger partial charge on any atom is 0.450 e. The first-order valence-corrected chi connectivity index (χ1v) is 4.09. The second-order valence-electron chi connectivity index (χ2n) is 2.73. The molecule has 1 N–H and O–H groups in total. The highest BCUT2D eigenvalue weighted by Gasteiger charge is 2.22. The first-order chi connectivity index (χ1) is 6.61. The molecule has 0 unspecified atom stereocenters. The standard InChI is InChI=1S/C8H9N2O4/c11-6-2-3-7(12)10(6)5-1-4-9-8(13)14/h2-3,9H,1,4-5H2. The van der Waals surface area contributed by atoms with Crippen LogP contribution in [0, 0.1) is 0 Å². The van der Waals surface area contributed by atoms with Crippen molar-refractivity contribution in [1.29, 1.82) is 0 Å². The monoisotopic (exact) mass is 197 g/mol. The Kier molecular flexibility index (Phi) is 3.22. The van der Waals surface area contributed by atoms with E-state index in [2.05, 4.69) is 0 Å². The molecule has 0 aromatic rings. The third kappa shape index (κ3) is 2.58. The van der Waals surface area contributed by atoms with Gasteiger partial charge in [0.15, 0.2) is 0 Å². The quantitative estimate of drug-likeness (QED) is 0.484. The Morgan fingerprint density at radius 3 is 2.36 bits per heavy atom. The van der Waals surface area contributed by atoms with Gasteiger partial charge in [0.25, 0.3) is 11.8 Å². The lowest BCUT2D eigenvalue weighted by Crippen LogP contribution is -2.33. The van der Waals surface area contributed by atoms with Crippen molar-refractivity contribution in [2.75, 3.05) is 13.1 Å². The van der Waals surface area contributed by atoms with Crippen LogP contribution in [0.25, 0.3) is 0 Å². The summed E-state index contributed by atoms with van der Waals surface area (Å²) in [6.45, 7) is 0.379. The van der Waals surface area contributed by atoms with Gasteiger partial charge in [0.2, 0.25) is 0 Å². The molecule has 1 radical (unpaired) electrons. The normalized spacial score (nSPS) is 15.0. The van der Waals surface area contributed by atoms with Gasteiger partial charge < -0.3 is 5.32 Å². The van der Waals surface area contributed by atoms with Crippen molar-refractivity contribution in [3.63, 3.8) is 0 Å². The van der Waals surface area contributed by atoms with Crippen LogP contribution in [0.5, 0.6) is 0 Å². The van der Waals surface area contributed by atoms with Crippen LogP contribution in [-0.4, -0.2) is 35.9 Å². The molecule has 0 saturated carbocycles. The lowest BCUT2D eigenvalue weighted by Gasteiger charge is -2.12. The Morgan fingerprint density at radius 1 is 1.29 bits per heavy atom. The van der Waals surface area contributed by atoms with Crippen molar-refractivity contribution in [3.05, 3.63) is 12.2 Å². The van der Waals surface area contributed by atoms with Crippen LogP contribution in [0.3, 0.4) is 0 Å². The largest absolute Gasteiger partial charge is 0.450 e. The molecule has 1 aliphatic heterocycles. The summed E-state index contributed by atoms with van der Waals surface area (Å²) >= 11 is 0. The van der Waals surface area contributed by atoms with Gasteiger partial charge >= 0.3 is 6.09 Å². The highest BCUT2D eigenvalue weighted by Crippen LogP contribution is 2.03. The summed E-state index contributed by atoms with van der Waals surface area (Å²) in [6.07, 6.45) is 1.40. The number of nitrogens with zero attached hydrogens (tertiary/aromatic N) is 1. The molecule has 0 aromatic heterocycles. The molecule has 75 valence electrons. The van der Waals surface area contributed by atoms with Crippen LogP contribution in [0.4, 0.5) is 4.79 Å². The second kappa shape index (κ2) is 4.40. The van der Waals surface area contributed by atoms with Crippen LogP contribution in [0.2, 0.25) is 0 Å². The minimum absolute atomic E-state index is 0.166. The van der Waals surface area contributed by atoms with Crippen molar-refractivity contribution in [2.45, 2.75) is 6.42 Å². The van der Waals surface area contributed by atoms with Gasteiger partial charge in [0.05, 0.1) is 0 Å². The van der Waals surface area contributed by atoms with E-state index in [-0.39, 0.29) is 24.9 Å². The van der Waals surface area contributed by atoms with Crippen LogP contribution >= 0.6 is 0 Å². The van der Waals surface area contributed by atoms with Gasteiger partial charge in [0.1, 0.15) is 0 Å². The zero-order valence-corrected chi connectivity index (χ0v) is 7.36. The van der Waals surface area contributed by atoms with Gasteiger partial charge in [0, 0.05) is 25.2 Å². The van der Waals surface area contributed by atoms with Crippen molar-refractivity contribution < 1.29 is 19.5 Å². The van der Waals surface area contributed by atoms with Crippen molar-refractivity contribution in [2.24, 2.45) is 0 Å². The van der Waals surface area contributed by atoms with E-state index in [1.54, 1.807) is 0 Å². The summed E-state index contributed by atoms with van der Waals surface area (Å²) in [6, 6.07) is 0. The Bertz CT molecular complexity index is 280.